The first-order valence-electron chi connectivity index (χ1n) is 8.92. The fourth-order valence-electron chi connectivity index (χ4n) is 2.28. The van der Waals surface area contributed by atoms with Crippen LogP contribution >= 0.6 is 0 Å². The zero-order valence-corrected chi connectivity index (χ0v) is 16.9. The van der Waals surface area contributed by atoms with E-state index in [1.165, 1.54) is 7.05 Å². The Kier molecular flexibility index (Phi) is 9.52. The average Bonchev–Trinajstić information content (AvgIpc) is 2.48. The molecule has 0 bridgehead atoms. The Balaban J connectivity index is 5.15. The van der Waals surface area contributed by atoms with Crippen LogP contribution in [0.5, 0.6) is 0 Å². The van der Waals surface area contributed by atoms with Crippen LogP contribution in [0.1, 0.15) is 61.3 Å². The Morgan fingerprint density at radius 1 is 1.00 bits per heavy atom. The van der Waals surface area contributed by atoms with Crippen LogP contribution < -0.4 is 16.0 Å². The molecule has 0 rings (SSSR count). The van der Waals surface area contributed by atoms with Gasteiger partial charge in [0, 0.05) is 7.05 Å². The molecule has 2 unspecified atom stereocenters. The summed E-state index contributed by atoms with van der Waals surface area (Å²) in [6.45, 7) is 13.0. The van der Waals surface area contributed by atoms with Crippen LogP contribution in [-0.4, -0.2) is 42.6 Å². The predicted octanol–water partition coefficient (Wildman–Crippen LogP) is 2.20. The lowest BCUT2D eigenvalue weighted by Gasteiger charge is -2.28. The van der Waals surface area contributed by atoms with Crippen molar-refractivity contribution in [1.82, 2.24) is 16.0 Å². The summed E-state index contributed by atoms with van der Waals surface area (Å²) in [4.78, 5) is 36.8. The second-order valence-corrected chi connectivity index (χ2v) is 7.81. The maximum Gasteiger partial charge on any atom is 0.408 e. The Bertz CT molecular complexity index is 458. The molecule has 7 nitrogen and oxygen atoms in total. The highest BCUT2D eigenvalue weighted by atomic mass is 16.6. The molecule has 0 aliphatic heterocycles. The van der Waals surface area contributed by atoms with Crippen LogP contribution in [0.25, 0.3) is 0 Å². The van der Waals surface area contributed by atoms with Gasteiger partial charge in [0.2, 0.25) is 11.8 Å². The summed E-state index contributed by atoms with van der Waals surface area (Å²) >= 11 is 0. The molecule has 0 aliphatic carbocycles. The van der Waals surface area contributed by atoms with Crippen LogP contribution in [0.4, 0.5) is 4.79 Å². The summed E-state index contributed by atoms with van der Waals surface area (Å²) in [5.74, 6) is -0.489. The Morgan fingerprint density at radius 3 is 1.96 bits per heavy atom. The van der Waals surface area contributed by atoms with E-state index in [-0.39, 0.29) is 23.7 Å². The first-order chi connectivity index (χ1) is 11.4. The average molecular weight is 357 g/mol. The standard InChI is InChI=1S/C18H35N3O4/c1-9-12(4)14(21-17(24)25-18(5,6)7)16(23)20-13(10-11(2)3)15(22)19-8/h11-14H,9-10H2,1-8H3,(H,19,22)(H,20,23)(H,21,24)/t12?,13?,14-/m0/s1. The van der Waals surface area contributed by atoms with E-state index >= 15 is 0 Å². The molecule has 0 aromatic heterocycles. The van der Waals surface area contributed by atoms with Crippen LogP contribution in [-0.2, 0) is 14.3 Å². The van der Waals surface area contributed by atoms with Gasteiger partial charge < -0.3 is 20.7 Å². The third kappa shape index (κ3) is 9.31. The molecular weight excluding hydrogens is 322 g/mol. The minimum atomic E-state index is -0.765. The van der Waals surface area contributed by atoms with Crippen LogP contribution in [0, 0.1) is 11.8 Å². The Morgan fingerprint density at radius 2 is 1.56 bits per heavy atom. The van der Waals surface area contributed by atoms with Crippen LogP contribution in [0.3, 0.4) is 0 Å². The SMILES string of the molecule is CCC(C)[C@H](NC(=O)OC(C)(C)C)C(=O)NC(CC(C)C)C(=O)NC. The monoisotopic (exact) mass is 357 g/mol. The lowest BCUT2D eigenvalue weighted by atomic mass is 9.97. The quantitative estimate of drug-likeness (QED) is 0.620. The molecule has 0 saturated carbocycles. The van der Waals surface area contributed by atoms with Gasteiger partial charge in [-0.05, 0) is 39.0 Å². The van der Waals surface area contributed by atoms with Gasteiger partial charge in [-0.25, -0.2) is 4.79 Å². The third-order valence-corrected chi connectivity index (χ3v) is 3.75. The highest BCUT2D eigenvalue weighted by Crippen LogP contribution is 2.12. The minimum absolute atomic E-state index is 0.100. The number of amides is 3. The molecular formula is C18H35N3O4. The molecule has 0 saturated heterocycles. The molecule has 0 radical (unpaired) electrons. The van der Waals surface area contributed by atoms with Crippen molar-refractivity contribution in [3.8, 4) is 0 Å². The molecule has 3 amide bonds. The molecule has 0 spiro atoms. The molecule has 146 valence electrons. The largest absolute Gasteiger partial charge is 0.444 e. The van der Waals surface area contributed by atoms with Gasteiger partial charge in [0.25, 0.3) is 0 Å². The predicted molar refractivity (Wildman–Crippen MR) is 98.1 cm³/mol. The highest BCUT2D eigenvalue weighted by molar-refractivity contribution is 5.91. The normalized spacial score (nSPS) is 15.1. The van der Waals surface area contributed by atoms with Crippen molar-refractivity contribution < 1.29 is 19.1 Å². The Hall–Kier alpha value is -1.79. The third-order valence-electron chi connectivity index (χ3n) is 3.75. The minimum Gasteiger partial charge on any atom is -0.444 e. The number of alkyl carbamates (subject to hydrolysis) is 1. The molecule has 0 aromatic rings. The van der Waals surface area contributed by atoms with Gasteiger partial charge in [-0.2, -0.15) is 0 Å². The summed E-state index contributed by atoms with van der Waals surface area (Å²) in [5.41, 5.74) is -0.650. The van der Waals surface area contributed by atoms with Crippen molar-refractivity contribution in [2.24, 2.45) is 11.8 Å². The number of likely N-dealkylation sites (N-methyl/N-ethyl adjacent to an activating group) is 1. The van der Waals surface area contributed by atoms with Gasteiger partial charge in [-0.15, -0.1) is 0 Å². The first kappa shape index (κ1) is 23.2. The summed E-state index contributed by atoms with van der Waals surface area (Å²) < 4.78 is 5.24. The van der Waals surface area contributed by atoms with Crippen molar-refractivity contribution >= 4 is 17.9 Å². The molecule has 0 heterocycles. The zero-order valence-electron chi connectivity index (χ0n) is 16.9. The number of carbonyl (C=O) groups excluding carboxylic acids is 3. The van der Waals surface area contributed by atoms with Gasteiger partial charge in [0.15, 0.2) is 0 Å². The molecule has 3 atom stereocenters. The van der Waals surface area contributed by atoms with Gasteiger partial charge in [0.05, 0.1) is 0 Å². The van der Waals surface area contributed by atoms with Crippen LogP contribution in [0.15, 0.2) is 0 Å². The topological polar surface area (TPSA) is 96.5 Å². The van der Waals surface area contributed by atoms with E-state index < -0.39 is 23.8 Å². The van der Waals surface area contributed by atoms with E-state index in [1.807, 2.05) is 27.7 Å². The fraction of sp³-hybridized carbons (Fsp3) is 0.833. The number of rotatable bonds is 8. The fourth-order valence-corrected chi connectivity index (χ4v) is 2.28. The summed E-state index contributed by atoms with van der Waals surface area (Å²) in [6, 6.07) is -1.40. The van der Waals surface area contributed by atoms with Crippen molar-refractivity contribution in [3.63, 3.8) is 0 Å². The van der Waals surface area contributed by atoms with Gasteiger partial charge in [-0.1, -0.05) is 34.1 Å². The molecule has 0 aromatic carbocycles. The lowest BCUT2D eigenvalue weighted by molar-refractivity contribution is -0.130. The van der Waals surface area contributed by atoms with Crippen molar-refractivity contribution in [2.45, 2.75) is 79.0 Å². The molecule has 7 heteroatoms. The van der Waals surface area contributed by atoms with Crippen LogP contribution in [0.2, 0.25) is 0 Å². The molecule has 25 heavy (non-hydrogen) atoms. The van der Waals surface area contributed by atoms with E-state index in [1.54, 1.807) is 20.8 Å². The van der Waals surface area contributed by atoms with Crippen molar-refractivity contribution in [3.05, 3.63) is 0 Å². The molecule has 0 fully saturated rings. The van der Waals surface area contributed by atoms with E-state index in [9.17, 15) is 14.4 Å². The van der Waals surface area contributed by atoms with E-state index in [0.29, 0.717) is 12.8 Å². The maximum atomic E-state index is 12.7. The number of carbonyl (C=O) groups is 3. The number of ether oxygens (including phenoxy) is 1. The van der Waals surface area contributed by atoms with Crippen molar-refractivity contribution in [2.75, 3.05) is 7.05 Å². The summed E-state index contributed by atoms with van der Waals surface area (Å²) in [6.07, 6.45) is 0.571. The van der Waals surface area contributed by atoms with Gasteiger partial charge in [0.1, 0.15) is 17.7 Å². The van der Waals surface area contributed by atoms with E-state index in [4.69, 9.17) is 4.74 Å². The molecule has 3 N–H and O–H groups in total. The number of hydrogen-bond acceptors (Lipinski definition) is 4. The maximum absolute atomic E-state index is 12.7. The zero-order chi connectivity index (χ0) is 19.8. The highest BCUT2D eigenvalue weighted by Gasteiger charge is 2.31. The van der Waals surface area contributed by atoms with E-state index in [2.05, 4.69) is 16.0 Å². The summed E-state index contributed by atoms with van der Waals surface area (Å²) in [7, 11) is 1.53. The molecule has 0 aliphatic rings. The van der Waals surface area contributed by atoms with Gasteiger partial charge in [-0.3, -0.25) is 9.59 Å². The second-order valence-electron chi connectivity index (χ2n) is 7.81. The van der Waals surface area contributed by atoms with E-state index in [0.717, 1.165) is 0 Å². The second kappa shape index (κ2) is 10.3. The van der Waals surface area contributed by atoms with Crippen molar-refractivity contribution in [1.29, 1.82) is 0 Å². The number of nitrogens with one attached hydrogen (secondary N) is 3. The van der Waals surface area contributed by atoms with Gasteiger partial charge >= 0.3 is 6.09 Å². The smallest absolute Gasteiger partial charge is 0.408 e. The first-order valence-corrected chi connectivity index (χ1v) is 8.92. The number of hydrogen-bond donors (Lipinski definition) is 3. The lowest BCUT2D eigenvalue weighted by Crippen LogP contribution is -2.56. The summed E-state index contributed by atoms with van der Waals surface area (Å²) in [5, 5.41) is 7.96. The Labute approximate surface area is 151 Å².